The van der Waals surface area contributed by atoms with E-state index in [1.54, 1.807) is 7.11 Å². The zero-order valence-corrected chi connectivity index (χ0v) is 16.6. The summed E-state index contributed by atoms with van der Waals surface area (Å²) in [6.45, 7) is 13.0. The topological polar surface area (TPSA) is 79.8 Å². The third kappa shape index (κ3) is 5.93. The average Bonchev–Trinajstić information content (AvgIpc) is 2.51. The highest BCUT2D eigenvalue weighted by Gasteiger charge is 2.32. The summed E-state index contributed by atoms with van der Waals surface area (Å²) in [5, 5.41) is 0. The van der Waals surface area contributed by atoms with Crippen molar-refractivity contribution in [1.29, 1.82) is 0 Å². The van der Waals surface area contributed by atoms with Crippen LogP contribution in [-0.2, 0) is 25.0 Å². The lowest BCUT2D eigenvalue weighted by Crippen LogP contribution is -2.26. The van der Waals surface area contributed by atoms with Crippen molar-refractivity contribution in [1.82, 2.24) is 9.97 Å². The Morgan fingerprint density at radius 1 is 0.920 bits per heavy atom. The Morgan fingerprint density at radius 2 is 1.44 bits per heavy atom. The van der Waals surface area contributed by atoms with Crippen LogP contribution < -0.4 is 4.74 Å². The summed E-state index contributed by atoms with van der Waals surface area (Å²) in [4.78, 5) is 20.8. The lowest BCUT2D eigenvalue weighted by molar-refractivity contribution is -0.0105. The first-order chi connectivity index (χ1) is 11.5. The Kier molecular flexibility index (Phi) is 7.31. The summed E-state index contributed by atoms with van der Waals surface area (Å²) in [6, 6.07) is 0. The van der Waals surface area contributed by atoms with E-state index in [2.05, 4.69) is 9.97 Å². The van der Waals surface area contributed by atoms with Crippen molar-refractivity contribution in [3.8, 4) is 5.75 Å². The van der Waals surface area contributed by atoms with E-state index in [0.717, 1.165) is 0 Å². The summed E-state index contributed by atoms with van der Waals surface area (Å²) in [5.41, 5.74) is 0.576. The Balaban J connectivity index is 3.36. The summed E-state index contributed by atoms with van der Waals surface area (Å²) < 4.78 is 21.0. The highest BCUT2D eigenvalue weighted by molar-refractivity contribution is 5.85. The third-order valence-electron chi connectivity index (χ3n) is 3.37. The van der Waals surface area contributed by atoms with Crippen LogP contribution >= 0.6 is 0 Å². The van der Waals surface area contributed by atoms with Gasteiger partial charge in [-0.05, 0) is 0 Å². The van der Waals surface area contributed by atoms with Gasteiger partial charge < -0.3 is 18.9 Å². The number of carbonyl (C=O) groups excluding carboxylic acids is 1. The van der Waals surface area contributed by atoms with Gasteiger partial charge in [0.2, 0.25) is 5.82 Å². The molecular formula is C18H30N2O5. The van der Waals surface area contributed by atoms with Gasteiger partial charge in [-0.3, -0.25) is 0 Å². The van der Waals surface area contributed by atoms with Crippen LogP contribution in [0.15, 0.2) is 0 Å². The van der Waals surface area contributed by atoms with Crippen LogP contribution in [0.5, 0.6) is 5.75 Å². The van der Waals surface area contributed by atoms with E-state index in [9.17, 15) is 4.79 Å². The molecule has 7 heteroatoms. The quantitative estimate of drug-likeness (QED) is 0.423. The van der Waals surface area contributed by atoms with Gasteiger partial charge in [-0.2, -0.15) is 0 Å². The number of rotatable bonds is 7. The van der Waals surface area contributed by atoms with Gasteiger partial charge in [0, 0.05) is 17.9 Å². The molecule has 1 rings (SSSR count). The van der Waals surface area contributed by atoms with Crippen LogP contribution in [0.3, 0.4) is 0 Å². The summed E-state index contributed by atoms with van der Waals surface area (Å²) in [5.74, 6) is 0.00830. The van der Waals surface area contributed by atoms with Crippen LogP contribution in [-0.4, -0.2) is 50.2 Å². The maximum atomic E-state index is 12.0. The van der Waals surface area contributed by atoms with Crippen LogP contribution in [0.25, 0.3) is 0 Å². The van der Waals surface area contributed by atoms with Crippen molar-refractivity contribution in [2.45, 2.75) is 52.4 Å². The summed E-state index contributed by atoms with van der Waals surface area (Å²) in [7, 11) is 2.92. The number of methoxy groups -OCH3 is 2. The number of carbonyl (C=O) groups is 1. The Morgan fingerprint density at radius 3 is 1.84 bits per heavy atom. The first kappa shape index (κ1) is 21.3. The van der Waals surface area contributed by atoms with Crippen LogP contribution in [0, 0.1) is 0 Å². The fourth-order valence-corrected chi connectivity index (χ4v) is 2.09. The molecule has 0 spiro atoms. The average molecular weight is 354 g/mol. The molecule has 0 saturated heterocycles. The Bertz CT molecular complexity index is 553. The van der Waals surface area contributed by atoms with Gasteiger partial charge in [0.25, 0.3) is 0 Å². The second-order valence-corrected chi connectivity index (χ2v) is 7.73. The minimum Gasteiger partial charge on any atom is -0.464 e. The SMILES string of the molecule is COCCOCOc1c(C(C)(C)C)nc(C(=O)OC)nc1C(C)(C)C. The summed E-state index contributed by atoms with van der Waals surface area (Å²) in [6.07, 6.45) is 0. The Labute approximate surface area is 150 Å². The molecule has 0 aliphatic rings. The number of nitrogens with zero attached hydrogens (tertiary/aromatic N) is 2. The molecule has 142 valence electrons. The molecule has 0 atom stereocenters. The third-order valence-corrected chi connectivity index (χ3v) is 3.37. The minimum atomic E-state index is -0.570. The van der Waals surface area contributed by atoms with E-state index in [0.29, 0.717) is 30.4 Å². The lowest BCUT2D eigenvalue weighted by atomic mass is 9.85. The minimum absolute atomic E-state index is 0.0324. The fraction of sp³-hybridized carbons (Fsp3) is 0.722. The van der Waals surface area contributed by atoms with Gasteiger partial charge in [-0.25, -0.2) is 14.8 Å². The maximum absolute atomic E-state index is 12.0. The smallest absolute Gasteiger partial charge is 0.376 e. The van der Waals surface area contributed by atoms with E-state index in [1.165, 1.54) is 7.11 Å². The van der Waals surface area contributed by atoms with Gasteiger partial charge in [-0.1, -0.05) is 41.5 Å². The fourth-order valence-electron chi connectivity index (χ4n) is 2.09. The number of ether oxygens (including phenoxy) is 4. The highest BCUT2D eigenvalue weighted by atomic mass is 16.7. The first-order valence-electron chi connectivity index (χ1n) is 8.23. The van der Waals surface area contributed by atoms with E-state index in [1.807, 2.05) is 41.5 Å². The molecule has 0 bridgehead atoms. The maximum Gasteiger partial charge on any atom is 0.376 e. The first-order valence-corrected chi connectivity index (χ1v) is 8.23. The van der Waals surface area contributed by atoms with Gasteiger partial charge in [0.05, 0.1) is 31.7 Å². The Hall–Kier alpha value is -1.73. The molecule has 0 aliphatic heterocycles. The molecule has 1 aromatic heterocycles. The predicted molar refractivity (Wildman–Crippen MR) is 94.1 cm³/mol. The second-order valence-electron chi connectivity index (χ2n) is 7.73. The standard InChI is InChI=1S/C18H30N2O5/c1-17(2,3)13-12(25-11-24-10-9-22-7)14(18(4,5)6)20-15(19-13)16(21)23-8/h9-11H2,1-8H3. The molecule has 0 saturated carbocycles. The number of hydrogen-bond donors (Lipinski definition) is 0. The van der Waals surface area contributed by atoms with E-state index in [-0.39, 0.29) is 23.4 Å². The normalized spacial score (nSPS) is 12.2. The van der Waals surface area contributed by atoms with Crippen LogP contribution in [0.2, 0.25) is 0 Å². The van der Waals surface area contributed by atoms with Gasteiger partial charge in [0.15, 0.2) is 12.5 Å². The number of aromatic nitrogens is 2. The molecule has 0 N–H and O–H groups in total. The van der Waals surface area contributed by atoms with Crippen molar-refractivity contribution in [3.63, 3.8) is 0 Å². The van der Waals surface area contributed by atoms with Crippen molar-refractivity contribution in [2.75, 3.05) is 34.2 Å². The molecule has 0 unspecified atom stereocenters. The molecule has 1 aromatic rings. The second kappa shape index (κ2) is 8.58. The van der Waals surface area contributed by atoms with Crippen molar-refractivity contribution in [2.24, 2.45) is 0 Å². The molecule has 25 heavy (non-hydrogen) atoms. The molecule has 0 aliphatic carbocycles. The highest BCUT2D eigenvalue weighted by Crippen LogP contribution is 2.37. The van der Waals surface area contributed by atoms with Crippen LogP contribution in [0.1, 0.15) is 63.5 Å². The van der Waals surface area contributed by atoms with Gasteiger partial charge >= 0.3 is 5.97 Å². The zero-order chi connectivity index (χ0) is 19.3. The predicted octanol–water partition coefficient (Wildman–Crippen LogP) is 2.86. The van der Waals surface area contributed by atoms with Crippen molar-refractivity contribution < 1.29 is 23.7 Å². The van der Waals surface area contributed by atoms with Crippen molar-refractivity contribution >= 4 is 5.97 Å². The van der Waals surface area contributed by atoms with E-state index in [4.69, 9.17) is 18.9 Å². The zero-order valence-electron chi connectivity index (χ0n) is 16.6. The number of hydrogen-bond acceptors (Lipinski definition) is 7. The molecule has 0 aromatic carbocycles. The monoisotopic (exact) mass is 354 g/mol. The largest absolute Gasteiger partial charge is 0.464 e. The van der Waals surface area contributed by atoms with E-state index < -0.39 is 5.97 Å². The molecule has 0 fully saturated rings. The molecule has 0 radical (unpaired) electrons. The molecule has 0 amide bonds. The lowest BCUT2D eigenvalue weighted by Gasteiger charge is -2.28. The summed E-state index contributed by atoms with van der Waals surface area (Å²) >= 11 is 0. The van der Waals surface area contributed by atoms with Crippen molar-refractivity contribution in [3.05, 3.63) is 17.2 Å². The van der Waals surface area contributed by atoms with Gasteiger partial charge in [-0.15, -0.1) is 0 Å². The molecule has 1 heterocycles. The van der Waals surface area contributed by atoms with Gasteiger partial charge in [0.1, 0.15) is 0 Å². The molecular weight excluding hydrogens is 324 g/mol. The van der Waals surface area contributed by atoms with E-state index >= 15 is 0 Å². The molecule has 7 nitrogen and oxygen atoms in total. The number of esters is 1. The van der Waals surface area contributed by atoms with Crippen LogP contribution in [0.4, 0.5) is 0 Å².